The molecule has 0 aliphatic rings. The fourth-order valence-corrected chi connectivity index (χ4v) is 1.96. The minimum absolute atomic E-state index is 0.131. The first-order valence-corrected chi connectivity index (χ1v) is 6.76. The number of oxazole rings is 1. The van der Waals surface area contributed by atoms with Crippen LogP contribution in [0.25, 0.3) is 11.1 Å². The standard InChI is InChI=1S/C15H23N3O/c1-11-18-13-6-5-12(9-14(13)19-11)7-8-17-10-15(2,3)16-4/h5-6,9,16-17H,7-8,10H2,1-4H3. The third kappa shape index (κ3) is 3.78. The normalized spacial score (nSPS) is 12.2. The van der Waals surface area contributed by atoms with Gasteiger partial charge >= 0.3 is 0 Å². The van der Waals surface area contributed by atoms with E-state index < -0.39 is 0 Å². The van der Waals surface area contributed by atoms with Crippen LogP contribution in [-0.2, 0) is 6.42 Å². The molecule has 104 valence electrons. The van der Waals surface area contributed by atoms with Crippen molar-refractivity contribution in [2.75, 3.05) is 20.1 Å². The van der Waals surface area contributed by atoms with E-state index in [1.54, 1.807) is 0 Å². The molecule has 2 N–H and O–H groups in total. The van der Waals surface area contributed by atoms with Crippen LogP contribution in [0.4, 0.5) is 0 Å². The van der Waals surface area contributed by atoms with Gasteiger partial charge in [-0.15, -0.1) is 0 Å². The summed E-state index contributed by atoms with van der Waals surface area (Å²) >= 11 is 0. The largest absolute Gasteiger partial charge is 0.441 e. The molecule has 1 aromatic carbocycles. The van der Waals surface area contributed by atoms with Gasteiger partial charge in [-0.25, -0.2) is 4.98 Å². The zero-order valence-electron chi connectivity index (χ0n) is 12.2. The summed E-state index contributed by atoms with van der Waals surface area (Å²) in [5.41, 5.74) is 3.22. The number of aromatic nitrogens is 1. The average molecular weight is 261 g/mol. The van der Waals surface area contributed by atoms with Crippen molar-refractivity contribution in [3.63, 3.8) is 0 Å². The van der Waals surface area contributed by atoms with Crippen molar-refractivity contribution in [1.82, 2.24) is 15.6 Å². The van der Waals surface area contributed by atoms with Crippen LogP contribution < -0.4 is 10.6 Å². The van der Waals surface area contributed by atoms with Gasteiger partial charge in [0.15, 0.2) is 11.5 Å². The number of nitrogens with one attached hydrogen (secondary N) is 2. The summed E-state index contributed by atoms with van der Waals surface area (Å²) in [5.74, 6) is 0.723. The van der Waals surface area contributed by atoms with E-state index in [4.69, 9.17) is 4.42 Å². The lowest BCUT2D eigenvalue weighted by Gasteiger charge is -2.24. The van der Waals surface area contributed by atoms with Crippen molar-refractivity contribution in [3.05, 3.63) is 29.7 Å². The smallest absolute Gasteiger partial charge is 0.192 e. The molecule has 19 heavy (non-hydrogen) atoms. The Balaban J connectivity index is 1.88. The molecule has 0 saturated heterocycles. The van der Waals surface area contributed by atoms with Gasteiger partial charge in [-0.2, -0.15) is 0 Å². The number of aryl methyl sites for hydroxylation is 1. The summed E-state index contributed by atoms with van der Waals surface area (Å²) in [5, 5.41) is 6.75. The molecular formula is C15H23N3O. The second kappa shape index (κ2) is 5.72. The van der Waals surface area contributed by atoms with E-state index in [-0.39, 0.29) is 5.54 Å². The molecule has 1 aromatic heterocycles. The fraction of sp³-hybridized carbons (Fsp3) is 0.533. The minimum atomic E-state index is 0.131. The van der Waals surface area contributed by atoms with E-state index in [0.717, 1.165) is 36.5 Å². The Morgan fingerprint density at radius 3 is 2.84 bits per heavy atom. The number of hydrogen-bond donors (Lipinski definition) is 2. The third-order valence-corrected chi connectivity index (χ3v) is 3.39. The minimum Gasteiger partial charge on any atom is -0.441 e. The summed E-state index contributed by atoms with van der Waals surface area (Å²) in [6, 6.07) is 6.23. The first-order chi connectivity index (χ1) is 9.00. The molecule has 2 rings (SSSR count). The Labute approximate surface area is 114 Å². The predicted octanol–water partition coefficient (Wildman–Crippen LogP) is 2.27. The van der Waals surface area contributed by atoms with Crippen molar-refractivity contribution in [1.29, 1.82) is 0 Å². The van der Waals surface area contributed by atoms with Gasteiger partial charge in [-0.05, 0) is 51.6 Å². The van der Waals surface area contributed by atoms with E-state index >= 15 is 0 Å². The van der Waals surface area contributed by atoms with Crippen molar-refractivity contribution in [3.8, 4) is 0 Å². The SMILES string of the molecule is CNC(C)(C)CNCCc1ccc2nc(C)oc2c1. The Hall–Kier alpha value is -1.39. The van der Waals surface area contributed by atoms with Crippen molar-refractivity contribution in [2.45, 2.75) is 32.7 Å². The molecule has 0 saturated carbocycles. The Kier molecular flexibility index (Phi) is 4.22. The molecule has 0 aliphatic carbocycles. The average Bonchev–Trinajstić information content (AvgIpc) is 2.74. The molecule has 0 spiro atoms. The molecular weight excluding hydrogens is 238 g/mol. The maximum Gasteiger partial charge on any atom is 0.192 e. The third-order valence-electron chi connectivity index (χ3n) is 3.39. The number of fused-ring (bicyclic) bond motifs is 1. The van der Waals surface area contributed by atoms with Crippen LogP contribution in [0, 0.1) is 6.92 Å². The molecule has 0 bridgehead atoms. The molecule has 0 amide bonds. The predicted molar refractivity (Wildman–Crippen MR) is 78.5 cm³/mol. The maximum absolute atomic E-state index is 5.54. The number of hydrogen-bond acceptors (Lipinski definition) is 4. The van der Waals surface area contributed by atoms with Gasteiger partial charge in [-0.1, -0.05) is 6.07 Å². The number of likely N-dealkylation sites (N-methyl/N-ethyl adjacent to an activating group) is 1. The molecule has 0 unspecified atom stereocenters. The van der Waals surface area contributed by atoms with Crippen LogP contribution >= 0.6 is 0 Å². The van der Waals surface area contributed by atoms with Crippen LogP contribution in [0.2, 0.25) is 0 Å². The zero-order valence-corrected chi connectivity index (χ0v) is 12.2. The van der Waals surface area contributed by atoms with Crippen molar-refractivity contribution < 1.29 is 4.42 Å². The van der Waals surface area contributed by atoms with E-state index in [2.05, 4.69) is 41.6 Å². The van der Waals surface area contributed by atoms with Crippen LogP contribution in [0.3, 0.4) is 0 Å². The highest BCUT2D eigenvalue weighted by atomic mass is 16.3. The van der Waals surface area contributed by atoms with Crippen LogP contribution in [0.15, 0.2) is 22.6 Å². The highest BCUT2D eigenvalue weighted by Crippen LogP contribution is 2.16. The molecule has 0 aliphatic heterocycles. The van der Waals surface area contributed by atoms with Crippen LogP contribution in [-0.4, -0.2) is 30.7 Å². The van der Waals surface area contributed by atoms with E-state index in [1.165, 1.54) is 5.56 Å². The zero-order chi connectivity index (χ0) is 13.9. The molecule has 2 aromatic rings. The van der Waals surface area contributed by atoms with Crippen molar-refractivity contribution in [2.24, 2.45) is 0 Å². The lowest BCUT2D eigenvalue weighted by atomic mass is 10.1. The molecule has 4 nitrogen and oxygen atoms in total. The molecule has 0 atom stereocenters. The fourth-order valence-electron chi connectivity index (χ4n) is 1.96. The van der Waals surface area contributed by atoms with Crippen LogP contribution in [0.1, 0.15) is 25.3 Å². The molecule has 0 fully saturated rings. The Bertz CT molecular complexity index is 545. The first kappa shape index (κ1) is 14.0. The van der Waals surface area contributed by atoms with Gasteiger partial charge in [0.25, 0.3) is 0 Å². The summed E-state index contributed by atoms with van der Waals surface area (Å²) in [6.45, 7) is 8.16. The van der Waals surface area contributed by atoms with Gasteiger partial charge in [0.05, 0.1) is 0 Å². The van der Waals surface area contributed by atoms with Crippen LogP contribution in [0.5, 0.6) is 0 Å². The monoisotopic (exact) mass is 261 g/mol. The maximum atomic E-state index is 5.54. The van der Waals surface area contributed by atoms with E-state index in [1.807, 2.05) is 20.0 Å². The number of rotatable bonds is 6. The molecule has 0 radical (unpaired) electrons. The van der Waals surface area contributed by atoms with Gasteiger partial charge < -0.3 is 15.1 Å². The van der Waals surface area contributed by atoms with Crippen molar-refractivity contribution >= 4 is 11.1 Å². The van der Waals surface area contributed by atoms with Gasteiger partial charge in [-0.3, -0.25) is 0 Å². The van der Waals surface area contributed by atoms with Gasteiger partial charge in [0, 0.05) is 19.0 Å². The van der Waals surface area contributed by atoms with E-state index in [9.17, 15) is 0 Å². The second-order valence-corrected chi connectivity index (χ2v) is 5.60. The first-order valence-electron chi connectivity index (χ1n) is 6.76. The lowest BCUT2D eigenvalue weighted by molar-refractivity contribution is 0.395. The summed E-state index contributed by atoms with van der Waals surface area (Å²) < 4.78 is 5.54. The quantitative estimate of drug-likeness (QED) is 0.783. The second-order valence-electron chi connectivity index (χ2n) is 5.60. The Morgan fingerprint density at radius 2 is 2.11 bits per heavy atom. The number of nitrogens with zero attached hydrogens (tertiary/aromatic N) is 1. The van der Waals surface area contributed by atoms with Gasteiger partial charge in [0.2, 0.25) is 0 Å². The highest BCUT2D eigenvalue weighted by molar-refractivity contribution is 5.73. The topological polar surface area (TPSA) is 50.1 Å². The van der Waals surface area contributed by atoms with Gasteiger partial charge in [0.1, 0.15) is 5.52 Å². The van der Waals surface area contributed by atoms with E-state index in [0.29, 0.717) is 0 Å². The number of benzene rings is 1. The summed E-state index contributed by atoms with van der Waals surface area (Å²) in [4.78, 5) is 4.30. The summed E-state index contributed by atoms with van der Waals surface area (Å²) in [7, 11) is 1.99. The summed E-state index contributed by atoms with van der Waals surface area (Å²) in [6.07, 6.45) is 0.996. The lowest BCUT2D eigenvalue weighted by Crippen LogP contribution is -2.46. The Morgan fingerprint density at radius 1 is 1.32 bits per heavy atom. The molecule has 1 heterocycles. The highest BCUT2D eigenvalue weighted by Gasteiger charge is 2.13. The molecule has 4 heteroatoms.